The molecule has 0 aliphatic carbocycles. The van der Waals surface area contributed by atoms with Crippen molar-refractivity contribution in [2.75, 3.05) is 45.1 Å². The Labute approximate surface area is 170 Å². The van der Waals surface area contributed by atoms with Gasteiger partial charge in [-0.3, -0.25) is 9.69 Å². The minimum atomic E-state index is -0.589. The molecule has 1 aliphatic heterocycles. The first-order valence-electron chi connectivity index (χ1n) is 9.16. The van der Waals surface area contributed by atoms with Crippen LogP contribution in [0.15, 0.2) is 30.6 Å². The zero-order chi connectivity index (χ0) is 20.2. The minimum Gasteiger partial charge on any atom is -0.434 e. The monoisotopic (exact) mass is 417 g/mol. The van der Waals surface area contributed by atoms with Gasteiger partial charge in [0.2, 0.25) is 5.88 Å². The highest BCUT2D eigenvalue weighted by molar-refractivity contribution is 7.21. The molecule has 0 unspecified atom stereocenters. The van der Waals surface area contributed by atoms with Gasteiger partial charge in [-0.15, -0.1) is 11.3 Å². The molecular weight excluding hydrogens is 397 g/mol. The molecule has 0 spiro atoms. The maximum absolute atomic E-state index is 14.0. The van der Waals surface area contributed by atoms with Crippen molar-refractivity contribution in [1.82, 2.24) is 20.2 Å². The number of carbonyl (C=O) groups excluding carboxylic acids is 1. The Hall–Kier alpha value is -2.82. The lowest BCUT2D eigenvalue weighted by atomic mass is 10.3. The highest BCUT2D eigenvalue weighted by Crippen LogP contribution is 2.34. The number of rotatable bonds is 6. The number of fused-ring (bicyclic) bond motifs is 1. The summed E-state index contributed by atoms with van der Waals surface area (Å²) in [7, 11) is 0. The van der Waals surface area contributed by atoms with Gasteiger partial charge in [0.25, 0.3) is 5.91 Å². The predicted octanol–water partition coefficient (Wildman–Crippen LogP) is 2.27. The van der Waals surface area contributed by atoms with Crippen LogP contribution in [0.4, 0.5) is 10.1 Å². The highest BCUT2D eigenvalue weighted by atomic mass is 32.1. The molecule has 1 aliphatic rings. The molecule has 1 amide bonds. The number of amides is 1. The van der Waals surface area contributed by atoms with Crippen LogP contribution in [-0.2, 0) is 4.74 Å². The normalized spacial score (nSPS) is 14.8. The summed E-state index contributed by atoms with van der Waals surface area (Å²) >= 11 is 1.20. The number of hydrogen-bond acceptors (Lipinski definition) is 8. The third-order valence-corrected chi connectivity index (χ3v) is 5.59. The molecule has 1 fully saturated rings. The Kier molecular flexibility index (Phi) is 5.84. The van der Waals surface area contributed by atoms with Crippen molar-refractivity contribution in [3.05, 3.63) is 41.3 Å². The molecule has 3 N–H and O–H groups in total. The standard InChI is InChI=1S/C19H20FN5O3S/c20-13-9-12(21)1-2-15(13)28-19-17-14(23-11-24-19)10-16(29-17)18(26)22-3-4-25-5-7-27-8-6-25/h1-2,9-11H,3-8,21H2,(H,22,26). The predicted molar refractivity (Wildman–Crippen MR) is 108 cm³/mol. The molecule has 3 aromatic rings. The highest BCUT2D eigenvalue weighted by Gasteiger charge is 2.17. The van der Waals surface area contributed by atoms with Crippen LogP contribution in [0, 0.1) is 5.82 Å². The molecule has 0 saturated carbocycles. The Morgan fingerprint density at radius 1 is 1.31 bits per heavy atom. The van der Waals surface area contributed by atoms with Crippen molar-refractivity contribution in [2.45, 2.75) is 0 Å². The van der Waals surface area contributed by atoms with Crippen LogP contribution in [0.25, 0.3) is 10.2 Å². The molecule has 152 valence electrons. The van der Waals surface area contributed by atoms with Gasteiger partial charge in [-0.05, 0) is 18.2 Å². The number of nitrogens with one attached hydrogen (secondary N) is 1. The minimum absolute atomic E-state index is 0.00381. The van der Waals surface area contributed by atoms with Crippen molar-refractivity contribution < 1.29 is 18.7 Å². The fourth-order valence-electron chi connectivity index (χ4n) is 2.96. The first-order valence-corrected chi connectivity index (χ1v) is 9.97. The van der Waals surface area contributed by atoms with Gasteiger partial charge in [0, 0.05) is 37.9 Å². The summed E-state index contributed by atoms with van der Waals surface area (Å²) in [6.07, 6.45) is 1.32. The number of nitrogens with two attached hydrogens (primary N) is 1. The van der Waals surface area contributed by atoms with Gasteiger partial charge in [0.15, 0.2) is 11.6 Å². The van der Waals surface area contributed by atoms with Gasteiger partial charge in [0.1, 0.15) is 11.0 Å². The van der Waals surface area contributed by atoms with E-state index < -0.39 is 5.82 Å². The van der Waals surface area contributed by atoms with Crippen molar-refractivity contribution >= 4 is 33.1 Å². The summed E-state index contributed by atoms with van der Waals surface area (Å²) in [5, 5.41) is 2.92. The Morgan fingerprint density at radius 2 is 2.14 bits per heavy atom. The zero-order valence-electron chi connectivity index (χ0n) is 15.6. The topological polar surface area (TPSA) is 103 Å². The molecule has 29 heavy (non-hydrogen) atoms. The van der Waals surface area contributed by atoms with Gasteiger partial charge in [-0.1, -0.05) is 0 Å². The summed E-state index contributed by atoms with van der Waals surface area (Å²) in [6, 6.07) is 5.83. The van der Waals surface area contributed by atoms with Crippen LogP contribution in [0.1, 0.15) is 9.67 Å². The van der Waals surface area contributed by atoms with Gasteiger partial charge in [0.05, 0.1) is 23.6 Å². The molecule has 10 heteroatoms. The van der Waals surface area contributed by atoms with Crippen molar-refractivity contribution in [3.8, 4) is 11.6 Å². The zero-order valence-corrected chi connectivity index (χ0v) is 16.4. The Balaban J connectivity index is 1.45. The van der Waals surface area contributed by atoms with Gasteiger partial charge in [-0.2, -0.15) is 0 Å². The third kappa shape index (κ3) is 4.61. The van der Waals surface area contributed by atoms with E-state index in [1.807, 2.05) is 0 Å². The van der Waals surface area contributed by atoms with Crippen LogP contribution in [0.2, 0.25) is 0 Å². The van der Waals surface area contributed by atoms with Crippen molar-refractivity contribution in [1.29, 1.82) is 0 Å². The lowest BCUT2D eigenvalue weighted by Crippen LogP contribution is -2.41. The molecular formula is C19H20FN5O3S. The number of aromatic nitrogens is 2. The van der Waals surface area contributed by atoms with E-state index in [4.69, 9.17) is 15.2 Å². The quantitative estimate of drug-likeness (QED) is 0.593. The number of nitrogens with zero attached hydrogens (tertiary/aromatic N) is 3. The van der Waals surface area contributed by atoms with Crippen LogP contribution >= 0.6 is 11.3 Å². The lowest BCUT2D eigenvalue weighted by molar-refractivity contribution is 0.0383. The average Bonchev–Trinajstić information content (AvgIpc) is 3.16. The van der Waals surface area contributed by atoms with E-state index in [9.17, 15) is 9.18 Å². The van der Waals surface area contributed by atoms with Crippen LogP contribution in [-0.4, -0.2) is 60.2 Å². The van der Waals surface area contributed by atoms with Crippen LogP contribution < -0.4 is 15.8 Å². The summed E-state index contributed by atoms with van der Waals surface area (Å²) in [5.41, 5.74) is 6.43. The number of benzene rings is 1. The van der Waals surface area contributed by atoms with Crippen molar-refractivity contribution in [3.63, 3.8) is 0 Å². The maximum atomic E-state index is 14.0. The summed E-state index contributed by atoms with van der Waals surface area (Å²) in [5.74, 6) is -0.583. The molecule has 0 atom stereocenters. The number of halogens is 1. The van der Waals surface area contributed by atoms with E-state index in [1.165, 1.54) is 29.8 Å². The van der Waals surface area contributed by atoms with Gasteiger partial charge in [-0.25, -0.2) is 14.4 Å². The van der Waals surface area contributed by atoms with E-state index in [1.54, 1.807) is 12.1 Å². The molecule has 3 heterocycles. The number of anilines is 1. The van der Waals surface area contributed by atoms with E-state index >= 15 is 0 Å². The second-order valence-electron chi connectivity index (χ2n) is 6.51. The number of thiophene rings is 1. The van der Waals surface area contributed by atoms with E-state index in [-0.39, 0.29) is 17.5 Å². The molecule has 8 nitrogen and oxygen atoms in total. The number of morpholine rings is 1. The molecule has 4 rings (SSSR count). The number of hydrogen-bond donors (Lipinski definition) is 2. The number of carbonyl (C=O) groups is 1. The fourth-order valence-corrected chi connectivity index (χ4v) is 3.91. The van der Waals surface area contributed by atoms with Gasteiger partial charge < -0.3 is 20.5 Å². The van der Waals surface area contributed by atoms with Crippen LogP contribution in [0.5, 0.6) is 11.6 Å². The largest absolute Gasteiger partial charge is 0.434 e. The summed E-state index contributed by atoms with van der Waals surface area (Å²) in [4.78, 5) is 23.5. The van der Waals surface area contributed by atoms with E-state index in [0.29, 0.717) is 27.3 Å². The maximum Gasteiger partial charge on any atom is 0.261 e. The van der Waals surface area contributed by atoms with Crippen molar-refractivity contribution in [2.24, 2.45) is 0 Å². The molecule has 1 saturated heterocycles. The number of nitrogen functional groups attached to an aromatic ring is 1. The van der Waals surface area contributed by atoms with E-state index in [2.05, 4.69) is 20.2 Å². The SMILES string of the molecule is Nc1ccc(Oc2ncnc3cc(C(=O)NCCN4CCOCC4)sc23)c(F)c1. The Morgan fingerprint density at radius 3 is 2.93 bits per heavy atom. The molecule has 2 aromatic heterocycles. The first-order chi connectivity index (χ1) is 14.1. The fraction of sp³-hybridized carbons (Fsp3) is 0.316. The Bertz CT molecular complexity index is 1020. The lowest BCUT2D eigenvalue weighted by Gasteiger charge is -2.26. The number of ether oxygens (including phenoxy) is 2. The van der Waals surface area contributed by atoms with Gasteiger partial charge >= 0.3 is 0 Å². The molecule has 0 radical (unpaired) electrons. The smallest absolute Gasteiger partial charge is 0.261 e. The third-order valence-electron chi connectivity index (χ3n) is 4.48. The average molecular weight is 417 g/mol. The first kappa shape index (κ1) is 19.5. The van der Waals surface area contributed by atoms with E-state index in [0.717, 1.165) is 32.8 Å². The summed E-state index contributed by atoms with van der Waals surface area (Å²) < 4.78 is 25.5. The second kappa shape index (κ2) is 8.68. The summed E-state index contributed by atoms with van der Waals surface area (Å²) in [6.45, 7) is 4.50. The second-order valence-corrected chi connectivity index (χ2v) is 7.56. The van der Waals surface area contributed by atoms with Crippen LogP contribution in [0.3, 0.4) is 0 Å². The molecule has 0 bridgehead atoms. The molecule has 1 aromatic carbocycles.